The van der Waals surface area contributed by atoms with E-state index >= 15 is 0 Å². The molecule has 0 radical (unpaired) electrons. The molecule has 1 aromatic heterocycles. The summed E-state index contributed by atoms with van der Waals surface area (Å²) in [6, 6.07) is 10.4. The van der Waals surface area contributed by atoms with Crippen LogP contribution in [0, 0.1) is 0 Å². The number of halogens is 1. The lowest BCUT2D eigenvalue weighted by atomic mass is 10.1. The van der Waals surface area contributed by atoms with E-state index in [1.54, 1.807) is 18.4 Å². The summed E-state index contributed by atoms with van der Waals surface area (Å²) < 4.78 is 6.11. The summed E-state index contributed by atoms with van der Waals surface area (Å²) in [6.07, 6.45) is 0. The fourth-order valence-electron chi connectivity index (χ4n) is 1.42. The number of hydrogen-bond donors (Lipinski definition) is 1. The lowest BCUT2D eigenvalue weighted by molar-refractivity contribution is 0.446. The van der Waals surface area contributed by atoms with Gasteiger partial charge in [0.1, 0.15) is 0 Å². The van der Waals surface area contributed by atoms with Gasteiger partial charge in [-0.25, -0.2) is 0 Å². The fourth-order valence-corrected chi connectivity index (χ4v) is 2.57. The maximum absolute atomic E-state index is 5.01. The highest BCUT2D eigenvalue weighted by Gasteiger charge is 2.06. The monoisotopic (exact) mass is 295 g/mol. The van der Waals surface area contributed by atoms with Gasteiger partial charge < -0.3 is 9.88 Å². The normalized spacial score (nSPS) is 10.1. The van der Waals surface area contributed by atoms with E-state index in [0.29, 0.717) is 7.62 Å². The van der Waals surface area contributed by atoms with Gasteiger partial charge in [0.2, 0.25) is 0 Å². The zero-order valence-corrected chi connectivity index (χ0v) is 11.3. The molecular weight excluding hydrogens is 285 g/mol. The largest absolute Gasteiger partial charge is 0.422 e. The maximum Gasteiger partial charge on any atom is 0.393 e. The Hall–Kier alpha value is -0.775. The van der Waals surface area contributed by atoms with Crippen LogP contribution in [0.15, 0.2) is 40.2 Å². The summed E-state index contributed by atoms with van der Waals surface area (Å²) in [7, 11) is 2.21. The smallest absolute Gasteiger partial charge is 0.393 e. The molecule has 1 heterocycles. The highest BCUT2D eigenvalue weighted by molar-refractivity contribution is 9.10. The molecule has 0 unspecified atom stereocenters. The molecular formula is C11H11BBrNOS. The number of thiophene rings is 1. The lowest BCUT2D eigenvalue weighted by Gasteiger charge is -2.05. The van der Waals surface area contributed by atoms with Gasteiger partial charge in [-0.3, -0.25) is 0 Å². The molecule has 0 amide bonds. The van der Waals surface area contributed by atoms with Crippen molar-refractivity contribution in [2.75, 3.05) is 12.3 Å². The van der Waals surface area contributed by atoms with Gasteiger partial charge in [0.25, 0.3) is 0 Å². The van der Waals surface area contributed by atoms with Crippen LogP contribution < -0.4 is 5.23 Å². The van der Waals surface area contributed by atoms with Crippen LogP contribution in [0.5, 0.6) is 0 Å². The second-order valence-electron chi connectivity index (χ2n) is 3.28. The van der Waals surface area contributed by atoms with Crippen molar-refractivity contribution >= 4 is 40.6 Å². The predicted octanol–water partition coefficient (Wildman–Crippen LogP) is 3.50. The molecule has 82 valence electrons. The second kappa shape index (κ2) is 5.52. The van der Waals surface area contributed by atoms with E-state index < -0.39 is 0 Å². The minimum atomic E-state index is 0.528. The van der Waals surface area contributed by atoms with Crippen LogP contribution in [0.4, 0.5) is 5.69 Å². The highest BCUT2D eigenvalue weighted by atomic mass is 79.9. The van der Waals surface area contributed by atoms with Crippen molar-refractivity contribution < 1.29 is 4.65 Å². The molecule has 2 nitrogen and oxygen atoms in total. The minimum absolute atomic E-state index is 0.528. The second-order valence-corrected chi connectivity index (χ2v) is 5.11. The zero-order valence-electron chi connectivity index (χ0n) is 8.87. The molecule has 0 aliphatic rings. The van der Waals surface area contributed by atoms with Crippen LogP contribution in [-0.4, -0.2) is 14.7 Å². The summed E-state index contributed by atoms with van der Waals surface area (Å²) in [5, 5.41) is 5.31. The van der Waals surface area contributed by atoms with Gasteiger partial charge in [-0.2, -0.15) is 0 Å². The Morgan fingerprint density at radius 3 is 2.69 bits per heavy atom. The van der Waals surface area contributed by atoms with E-state index in [4.69, 9.17) is 4.65 Å². The lowest BCUT2D eigenvalue weighted by Crippen LogP contribution is -2.07. The predicted molar refractivity (Wildman–Crippen MR) is 75.2 cm³/mol. The first-order valence-corrected chi connectivity index (χ1v) is 6.55. The van der Waals surface area contributed by atoms with Crippen LogP contribution in [-0.2, 0) is 4.65 Å². The van der Waals surface area contributed by atoms with Crippen molar-refractivity contribution in [1.82, 2.24) is 0 Å². The van der Waals surface area contributed by atoms with E-state index in [0.717, 1.165) is 10.2 Å². The average Bonchev–Trinajstić information content (AvgIpc) is 2.75. The Morgan fingerprint density at radius 1 is 1.25 bits per heavy atom. The van der Waals surface area contributed by atoms with Crippen molar-refractivity contribution in [1.29, 1.82) is 0 Å². The first-order chi connectivity index (χ1) is 7.81. The Bertz CT molecular complexity index is 457. The first-order valence-electron chi connectivity index (χ1n) is 4.87. The van der Waals surface area contributed by atoms with Gasteiger partial charge in [-0.15, -0.1) is 11.3 Å². The number of nitrogens with one attached hydrogen (secondary N) is 1. The SMILES string of the molecule is COBNc1ccsc1-c1ccc(Br)cc1. The Kier molecular flexibility index (Phi) is 4.04. The summed E-state index contributed by atoms with van der Waals surface area (Å²) in [5.41, 5.74) is 2.34. The molecule has 0 fully saturated rings. The van der Waals surface area contributed by atoms with Crippen molar-refractivity contribution in [2.24, 2.45) is 0 Å². The van der Waals surface area contributed by atoms with Crippen LogP contribution in [0.2, 0.25) is 0 Å². The molecule has 0 saturated heterocycles. The van der Waals surface area contributed by atoms with E-state index in [-0.39, 0.29) is 0 Å². The molecule has 0 saturated carbocycles. The van der Waals surface area contributed by atoms with Crippen molar-refractivity contribution in [2.45, 2.75) is 0 Å². The molecule has 0 spiro atoms. The van der Waals surface area contributed by atoms with E-state index in [9.17, 15) is 0 Å². The molecule has 16 heavy (non-hydrogen) atoms. The van der Waals surface area contributed by atoms with E-state index in [2.05, 4.69) is 56.9 Å². The Morgan fingerprint density at radius 2 is 2.00 bits per heavy atom. The van der Waals surface area contributed by atoms with Gasteiger partial charge in [-0.05, 0) is 29.1 Å². The summed E-state index contributed by atoms with van der Waals surface area (Å²) >= 11 is 5.16. The van der Waals surface area contributed by atoms with E-state index in [1.165, 1.54) is 10.4 Å². The van der Waals surface area contributed by atoms with Gasteiger partial charge in [-0.1, -0.05) is 28.1 Å². The molecule has 2 rings (SSSR count). The number of hydrogen-bond acceptors (Lipinski definition) is 3. The van der Waals surface area contributed by atoms with Crippen LogP contribution in [0.3, 0.4) is 0 Å². The van der Waals surface area contributed by atoms with Gasteiger partial charge in [0.05, 0.1) is 4.88 Å². The van der Waals surface area contributed by atoms with Crippen molar-refractivity contribution in [3.05, 3.63) is 40.2 Å². The molecule has 5 heteroatoms. The van der Waals surface area contributed by atoms with Crippen LogP contribution in [0.25, 0.3) is 10.4 Å². The zero-order chi connectivity index (χ0) is 11.4. The third kappa shape index (κ3) is 2.67. The fraction of sp³-hybridized carbons (Fsp3) is 0.0909. The minimum Gasteiger partial charge on any atom is -0.422 e. The highest BCUT2D eigenvalue weighted by Crippen LogP contribution is 2.33. The molecule has 2 aromatic rings. The standard InChI is InChI=1S/C11H11BBrNOS/c1-15-12-14-10-6-7-16-11(10)8-2-4-9(13)5-3-8/h2-7,12,14H,1H3. The number of anilines is 1. The summed E-state index contributed by atoms with van der Waals surface area (Å²) in [5.74, 6) is 0. The molecule has 0 bridgehead atoms. The van der Waals surface area contributed by atoms with E-state index in [1.807, 2.05) is 0 Å². The van der Waals surface area contributed by atoms with Gasteiger partial charge >= 0.3 is 7.62 Å². The molecule has 1 N–H and O–H groups in total. The van der Waals surface area contributed by atoms with Crippen molar-refractivity contribution in [3.63, 3.8) is 0 Å². The third-order valence-electron chi connectivity index (χ3n) is 2.18. The maximum atomic E-state index is 5.01. The molecule has 0 aliphatic carbocycles. The third-order valence-corrected chi connectivity index (χ3v) is 3.67. The molecule has 0 aliphatic heterocycles. The van der Waals surface area contributed by atoms with Crippen LogP contribution >= 0.6 is 27.3 Å². The average molecular weight is 296 g/mol. The van der Waals surface area contributed by atoms with Crippen molar-refractivity contribution in [3.8, 4) is 10.4 Å². The van der Waals surface area contributed by atoms with Gasteiger partial charge in [0.15, 0.2) is 0 Å². The summed E-state index contributed by atoms with van der Waals surface area (Å²) in [4.78, 5) is 1.24. The molecule has 1 aromatic carbocycles. The first kappa shape index (κ1) is 11.7. The topological polar surface area (TPSA) is 21.3 Å². The summed E-state index contributed by atoms with van der Waals surface area (Å²) in [6.45, 7) is 0. The number of rotatable bonds is 4. The quantitative estimate of drug-likeness (QED) is 0.872. The van der Waals surface area contributed by atoms with Gasteiger partial charge in [0, 0.05) is 17.3 Å². The number of benzene rings is 1. The van der Waals surface area contributed by atoms with Crippen LogP contribution in [0.1, 0.15) is 0 Å². The molecule has 0 atom stereocenters. The Labute approximate surface area is 108 Å². The Balaban J connectivity index is 2.26.